The van der Waals surface area contributed by atoms with Crippen molar-refractivity contribution >= 4 is 16.8 Å². The fourth-order valence-electron chi connectivity index (χ4n) is 0.608. The first-order valence-electron chi connectivity index (χ1n) is 3.45. The van der Waals surface area contributed by atoms with Crippen LogP contribution in [-0.2, 0) is 5.41 Å². The second-order valence-corrected chi connectivity index (χ2v) is 3.79. The maximum atomic E-state index is 10.6. The van der Waals surface area contributed by atoms with Gasteiger partial charge in [0.15, 0.2) is 0 Å². The lowest BCUT2D eigenvalue weighted by molar-refractivity contribution is 0.107. The van der Waals surface area contributed by atoms with Gasteiger partial charge in [0.2, 0.25) is 5.89 Å². The number of halogens is 1. The molecule has 0 saturated carbocycles. The van der Waals surface area contributed by atoms with E-state index >= 15 is 0 Å². The second kappa shape index (κ2) is 2.86. The highest BCUT2D eigenvalue weighted by molar-refractivity contribution is 6.67. The van der Waals surface area contributed by atoms with Gasteiger partial charge in [0, 0.05) is 5.41 Å². The van der Waals surface area contributed by atoms with Crippen molar-refractivity contribution in [2.75, 3.05) is 0 Å². The van der Waals surface area contributed by atoms with Crippen LogP contribution < -0.4 is 0 Å². The number of carbonyl (C=O) groups excluding carboxylic acids is 1. The van der Waals surface area contributed by atoms with Crippen molar-refractivity contribution in [1.82, 2.24) is 10.1 Å². The first-order chi connectivity index (χ1) is 5.41. The standard InChI is InChI=1S/C7H9ClN2O2/c1-7(2,3)6-9-5(4(8)11)10-12-6/h1-3H3. The molecule has 0 radical (unpaired) electrons. The van der Waals surface area contributed by atoms with Gasteiger partial charge >= 0.3 is 0 Å². The lowest BCUT2D eigenvalue weighted by atomic mass is 9.97. The summed E-state index contributed by atoms with van der Waals surface area (Å²) in [5.74, 6) is 0.327. The molecule has 66 valence electrons. The molecule has 0 fully saturated rings. The summed E-state index contributed by atoms with van der Waals surface area (Å²) in [7, 11) is 0. The van der Waals surface area contributed by atoms with Gasteiger partial charge in [0.25, 0.3) is 11.1 Å². The van der Waals surface area contributed by atoms with Gasteiger partial charge in [-0.15, -0.1) is 0 Å². The summed E-state index contributed by atoms with van der Waals surface area (Å²) in [6, 6.07) is 0. The Morgan fingerprint density at radius 1 is 1.50 bits per heavy atom. The molecule has 0 aliphatic heterocycles. The number of nitrogens with zero attached hydrogens (tertiary/aromatic N) is 2. The number of carbonyl (C=O) groups is 1. The van der Waals surface area contributed by atoms with E-state index in [0.717, 1.165) is 0 Å². The van der Waals surface area contributed by atoms with Gasteiger partial charge in [-0.05, 0) is 11.6 Å². The molecule has 0 aromatic carbocycles. The van der Waals surface area contributed by atoms with Crippen LogP contribution in [0.15, 0.2) is 4.52 Å². The Hall–Kier alpha value is -0.900. The molecule has 1 rings (SSSR count). The first-order valence-corrected chi connectivity index (χ1v) is 3.83. The highest BCUT2D eigenvalue weighted by Gasteiger charge is 2.23. The van der Waals surface area contributed by atoms with Crippen molar-refractivity contribution in [1.29, 1.82) is 0 Å². The van der Waals surface area contributed by atoms with E-state index in [9.17, 15) is 4.79 Å². The van der Waals surface area contributed by atoms with Crippen LogP contribution in [0.5, 0.6) is 0 Å². The van der Waals surface area contributed by atoms with E-state index in [1.807, 2.05) is 20.8 Å². The van der Waals surface area contributed by atoms with Crippen LogP contribution >= 0.6 is 11.6 Å². The van der Waals surface area contributed by atoms with E-state index < -0.39 is 5.24 Å². The molecule has 12 heavy (non-hydrogen) atoms. The molecule has 0 aliphatic rings. The van der Waals surface area contributed by atoms with Crippen molar-refractivity contribution < 1.29 is 9.32 Å². The predicted octanol–water partition coefficient (Wildman–Crippen LogP) is 1.75. The molecule has 0 atom stereocenters. The minimum absolute atomic E-state index is 0.0819. The molecule has 0 unspecified atom stereocenters. The lowest BCUT2D eigenvalue weighted by Gasteiger charge is -2.10. The monoisotopic (exact) mass is 188 g/mol. The quantitative estimate of drug-likeness (QED) is 0.630. The molecule has 1 aromatic heterocycles. The van der Waals surface area contributed by atoms with Crippen LogP contribution in [0.25, 0.3) is 0 Å². The molecule has 1 aromatic rings. The van der Waals surface area contributed by atoms with Crippen LogP contribution in [0.1, 0.15) is 37.3 Å². The smallest absolute Gasteiger partial charge is 0.293 e. The molecule has 0 aliphatic carbocycles. The predicted molar refractivity (Wildman–Crippen MR) is 43.2 cm³/mol. The number of aromatic nitrogens is 2. The zero-order valence-corrected chi connectivity index (χ0v) is 7.84. The summed E-state index contributed by atoms with van der Waals surface area (Å²) in [6.07, 6.45) is 0. The molecule has 0 N–H and O–H groups in total. The van der Waals surface area contributed by atoms with Crippen molar-refractivity contribution in [2.24, 2.45) is 0 Å². The third-order valence-corrected chi connectivity index (χ3v) is 1.41. The van der Waals surface area contributed by atoms with Gasteiger partial charge in [-0.25, -0.2) is 0 Å². The maximum absolute atomic E-state index is 10.6. The lowest BCUT2D eigenvalue weighted by Crippen LogP contribution is -2.11. The first kappa shape index (κ1) is 9.19. The van der Waals surface area contributed by atoms with Gasteiger partial charge in [-0.1, -0.05) is 25.9 Å². The number of hydrogen-bond acceptors (Lipinski definition) is 4. The second-order valence-electron chi connectivity index (χ2n) is 3.45. The molecule has 0 bridgehead atoms. The van der Waals surface area contributed by atoms with Gasteiger partial charge in [-0.3, -0.25) is 4.79 Å². The van der Waals surface area contributed by atoms with Crippen LogP contribution in [0.2, 0.25) is 0 Å². The highest BCUT2D eigenvalue weighted by Crippen LogP contribution is 2.19. The molecule has 5 heteroatoms. The van der Waals surface area contributed by atoms with Gasteiger partial charge in [0.1, 0.15) is 0 Å². The van der Waals surface area contributed by atoms with Crippen LogP contribution in [0.4, 0.5) is 0 Å². The van der Waals surface area contributed by atoms with Crippen LogP contribution in [0, 0.1) is 0 Å². The number of hydrogen-bond donors (Lipinski definition) is 0. The van der Waals surface area contributed by atoms with E-state index in [2.05, 4.69) is 10.1 Å². The van der Waals surface area contributed by atoms with Crippen molar-refractivity contribution in [3.8, 4) is 0 Å². The minimum atomic E-state index is -0.700. The minimum Gasteiger partial charge on any atom is -0.338 e. The molecular weight excluding hydrogens is 180 g/mol. The van der Waals surface area contributed by atoms with E-state index in [1.54, 1.807) is 0 Å². The van der Waals surface area contributed by atoms with Crippen molar-refractivity contribution in [3.63, 3.8) is 0 Å². The Kier molecular flexibility index (Phi) is 2.19. The molecule has 0 spiro atoms. The third-order valence-electron chi connectivity index (χ3n) is 1.24. The van der Waals surface area contributed by atoms with Crippen LogP contribution in [0.3, 0.4) is 0 Å². The Morgan fingerprint density at radius 2 is 2.08 bits per heavy atom. The molecule has 4 nitrogen and oxygen atoms in total. The van der Waals surface area contributed by atoms with Gasteiger partial charge in [-0.2, -0.15) is 4.98 Å². The topological polar surface area (TPSA) is 56.0 Å². The normalized spacial score (nSPS) is 11.7. The summed E-state index contributed by atoms with van der Waals surface area (Å²) in [4.78, 5) is 14.4. The zero-order chi connectivity index (χ0) is 9.35. The highest BCUT2D eigenvalue weighted by atomic mass is 35.5. The fourth-order valence-corrected chi connectivity index (χ4v) is 0.685. The van der Waals surface area contributed by atoms with Crippen molar-refractivity contribution in [2.45, 2.75) is 26.2 Å². The molecular formula is C7H9ClN2O2. The summed E-state index contributed by atoms with van der Waals surface area (Å²) in [5.41, 5.74) is -0.252. The molecule has 0 saturated heterocycles. The number of rotatable bonds is 1. The summed E-state index contributed by atoms with van der Waals surface area (Å²) in [5, 5.41) is 2.71. The Bertz CT molecular complexity index is 301. The SMILES string of the molecule is CC(C)(C)c1nc(C(=O)Cl)no1. The average Bonchev–Trinajstić information content (AvgIpc) is 2.30. The van der Waals surface area contributed by atoms with Crippen LogP contribution in [-0.4, -0.2) is 15.4 Å². The molecule has 1 heterocycles. The third kappa shape index (κ3) is 1.82. The summed E-state index contributed by atoms with van der Waals surface area (Å²) >= 11 is 5.14. The summed E-state index contributed by atoms with van der Waals surface area (Å²) in [6.45, 7) is 5.72. The Balaban J connectivity index is 3.00. The Morgan fingerprint density at radius 3 is 2.33 bits per heavy atom. The Labute approximate surface area is 74.9 Å². The maximum Gasteiger partial charge on any atom is 0.293 e. The van der Waals surface area contributed by atoms with E-state index in [1.165, 1.54) is 0 Å². The summed E-state index contributed by atoms with van der Waals surface area (Å²) < 4.78 is 4.82. The van der Waals surface area contributed by atoms with Gasteiger partial charge < -0.3 is 4.52 Å². The van der Waals surface area contributed by atoms with E-state index in [-0.39, 0.29) is 11.2 Å². The van der Waals surface area contributed by atoms with Gasteiger partial charge in [0.05, 0.1) is 0 Å². The average molecular weight is 189 g/mol. The fraction of sp³-hybridized carbons (Fsp3) is 0.571. The van der Waals surface area contributed by atoms with E-state index in [0.29, 0.717) is 5.89 Å². The largest absolute Gasteiger partial charge is 0.338 e. The van der Waals surface area contributed by atoms with E-state index in [4.69, 9.17) is 16.1 Å². The zero-order valence-electron chi connectivity index (χ0n) is 7.09. The molecule has 0 amide bonds. The van der Waals surface area contributed by atoms with Crippen molar-refractivity contribution in [3.05, 3.63) is 11.7 Å².